The maximum absolute atomic E-state index is 13.6. The lowest BCUT2D eigenvalue weighted by molar-refractivity contribution is -0.196. The molecular weight excluding hydrogens is 344 g/mol. The minimum Gasteiger partial charge on any atom is -0.455 e. The van der Waals surface area contributed by atoms with Gasteiger partial charge in [0, 0.05) is 0 Å². The van der Waals surface area contributed by atoms with Crippen molar-refractivity contribution < 1.29 is 28.2 Å². The number of amides is 1. The molecule has 4 atom stereocenters. The molecule has 4 aliphatic rings. The summed E-state index contributed by atoms with van der Waals surface area (Å²) >= 11 is 0. The maximum atomic E-state index is 13.6. The van der Waals surface area contributed by atoms with Crippen molar-refractivity contribution in [2.24, 2.45) is 17.3 Å². The quantitative estimate of drug-likeness (QED) is 0.805. The van der Waals surface area contributed by atoms with E-state index in [2.05, 4.69) is 5.32 Å². The molecule has 1 amide bonds. The molecule has 7 heteroatoms. The van der Waals surface area contributed by atoms with E-state index in [1.54, 1.807) is 0 Å². The van der Waals surface area contributed by atoms with Gasteiger partial charge in [-0.1, -0.05) is 6.07 Å². The summed E-state index contributed by atoms with van der Waals surface area (Å²) in [5.74, 6) is -2.45. The largest absolute Gasteiger partial charge is 0.455 e. The number of halogens is 2. The zero-order valence-electron chi connectivity index (χ0n) is 14.3. The van der Waals surface area contributed by atoms with Crippen LogP contribution >= 0.6 is 0 Å². The Bertz CT molecular complexity index is 732. The number of hydrogen-bond donors (Lipinski definition) is 2. The van der Waals surface area contributed by atoms with E-state index in [-0.39, 0.29) is 0 Å². The number of esters is 1. The van der Waals surface area contributed by atoms with Crippen LogP contribution in [0.2, 0.25) is 0 Å². The van der Waals surface area contributed by atoms with E-state index in [1.807, 2.05) is 0 Å². The Morgan fingerprint density at radius 1 is 1.15 bits per heavy atom. The van der Waals surface area contributed by atoms with Gasteiger partial charge in [0.1, 0.15) is 17.3 Å². The van der Waals surface area contributed by atoms with Gasteiger partial charge in [0.25, 0.3) is 5.91 Å². The van der Waals surface area contributed by atoms with E-state index in [0.717, 1.165) is 31.4 Å². The Labute approximate surface area is 149 Å². The lowest BCUT2D eigenvalue weighted by Gasteiger charge is -2.58. The van der Waals surface area contributed by atoms with Crippen molar-refractivity contribution in [1.29, 1.82) is 0 Å². The molecule has 1 aromatic carbocycles. The molecule has 0 radical (unpaired) electrons. The first kappa shape index (κ1) is 17.4. The lowest BCUT2D eigenvalue weighted by atomic mass is 9.48. The number of hydrogen-bond acceptors (Lipinski definition) is 4. The number of rotatable bonds is 4. The van der Waals surface area contributed by atoms with Crippen LogP contribution in [-0.4, -0.2) is 29.2 Å². The van der Waals surface area contributed by atoms with E-state index < -0.39 is 46.8 Å². The number of benzene rings is 1. The standard InChI is InChI=1S/C19H21F2NO4/c20-13-2-1-3-14(21)16(13)22-15(23)9-26-17(24)18-5-11-4-12(6-18)8-19(25,7-11)10-18/h1-3,11-12,25H,4-10H2,(H,22,23)/t11-,12+,18?,19?. The van der Waals surface area contributed by atoms with Gasteiger partial charge in [0.15, 0.2) is 6.61 Å². The summed E-state index contributed by atoms with van der Waals surface area (Å²) in [5.41, 5.74) is -2.10. The molecule has 5 nitrogen and oxygen atoms in total. The van der Waals surface area contributed by atoms with Gasteiger partial charge in [-0.3, -0.25) is 9.59 Å². The van der Waals surface area contributed by atoms with Crippen LogP contribution < -0.4 is 5.32 Å². The minimum atomic E-state index is -0.895. The van der Waals surface area contributed by atoms with E-state index in [9.17, 15) is 23.5 Å². The van der Waals surface area contributed by atoms with Crippen LogP contribution in [0.15, 0.2) is 18.2 Å². The predicted molar refractivity (Wildman–Crippen MR) is 88.0 cm³/mol. The van der Waals surface area contributed by atoms with Gasteiger partial charge in [-0.05, 0) is 62.5 Å². The van der Waals surface area contributed by atoms with Gasteiger partial charge in [0.2, 0.25) is 0 Å². The number of carbonyl (C=O) groups excluding carboxylic acids is 2. The van der Waals surface area contributed by atoms with Crippen molar-refractivity contribution >= 4 is 17.6 Å². The molecule has 0 aromatic heterocycles. The zero-order valence-corrected chi connectivity index (χ0v) is 14.3. The Kier molecular flexibility index (Phi) is 4.02. The van der Waals surface area contributed by atoms with Gasteiger partial charge in [0.05, 0.1) is 11.0 Å². The topological polar surface area (TPSA) is 75.6 Å². The molecule has 2 N–H and O–H groups in total. The van der Waals surface area contributed by atoms with Crippen molar-refractivity contribution in [1.82, 2.24) is 0 Å². The van der Waals surface area contributed by atoms with Crippen molar-refractivity contribution in [3.63, 3.8) is 0 Å². The van der Waals surface area contributed by atoms with Gasteiger partial charge < -0.3 is 15.2 Å². The fraction of sp³-hybridized carbons (Fsp3) is 0.579. The van der Waals surface area contributed by atoms with Crippen molar-refractivity contribution in [2.75, 3.05) is 11.9 Å². The Morgan fingerprint density at radius 3 is 2.35 bits per heavy atom. The Morgan fingerprint density at radius 2 is 1.77 bits per heavy atom. The molecule has 0 aliphatic heterocycles. The van der Waals surface area contributed by atoms with Crippen LogP contribution in [-0.2, 0) is 14.3 Å². The Balaban J connectivity index is 1.39. The highest BCUT2D eigenvalue weighted by atomic mass is 19.1. The number of aliphatic hydroxyl groups is 1. The summed E-state index contributed by atoms with van der Waals surface area (Å²) in [6.45, 7) is -0.609. The van der Waals surface area contributed by atoms with Crippen LogP contribution in [0.1, 0.15) is 38.5 Å². The first-order valence-electron chi connectivity index (χ1n) is 8.92. The van der Waals surface area contributed by atoms with Crippen LogP contribution in [0.25, 0.3) is 0 Å². The van der Waals surface area contributed by atoms with E-state index in [0.29, 0.717) is 31.1 Å². The third-order valence-electron chi connectivity index (χ3n) is 6.02. The van der Waals surface area contributed by atoms with E-state index >= 15 is 0 Å². The third-order valence-corrected chi connectivity index (χ3v) is 6.02. The molecule has 2 unspecified atom stereocenters. The predicted octanol–water partition coefficient (Wildman–Crippen LogP) is 2.78. The summed E-state index contributed by atoms with van der Waals surface area (Å²) in [7, 11) is 0. The molecule has 4 bridgehead atoms. The highest BCUT2D eigenvalue weighted by molar-refractivity contribution is 5.93. The summed E-state index contributed by atoms with van der Waals surface area (Å²) < 4.78 is 32.3. The first-order chi connectivity index (χ1) is 12.3. The minimum absolute atomic E-state index is 0.315. The highest BCUT2D eigenvalue weighted by Gasteiger charge is 2.60. The Hall–Kier alpha value is -2.02. The zero-order chi connectivity index (χ0) is 18.5. The molecule has 0 saturated heterocycles. The molecule has 0 heterocycles. The summed E-state index contributed by atoms with van der Waals surface area (Å²) in [6, 6.07) is 3.25. The monoisotopic (exact) mass is 365 g/mol. The van der Waals surface area contributed by atoms with E-state index in [4.69, 9.17) is 4.74 Å². The average molecular weight is 365 g/mol. The smallest absolute Gasteiger partial charge is 0.312 e. The molecule has 26 heavy (non-hydrogen) atoms. The van der Waals surface area contributed by atoms with Gasteiger partial charge in [-0.25, -0.2) is 8.78 Å². The van der Waals surface area contributed by atoms with Crippen molar-refractivity contribution in [3.8, 4) is 0 Å². The molecular formula is C19H21F2NO4. The fourth-order valence-corrected chi connectivity index (χ4v) is 5.53. The summed E-state index contributed by atoms with van der Waals surface area (Å²) in [4.78, 5) is 24.6. The van der Waals surface area contributed by atoms with Crippen molar-refractivity contribution in [3.05, 3.63) is 29.8 Å². The molecule has 1 aromatic rings. The number of nitrogens with one attached hydrogen (secondary N) is 1. The van der Waals surface area contributed by atoms with Crippen molar-refractivity contribution in [2.45, 2.75) is 44.1 Å². The molecule has 140 valence electrons. The lowest BCUT2D eigenvalue weighted by Crippen LogP contribution is -2.58. The second-order valence-corrected chi connectivity index (χ2v) is 8.19. The highest BCUT2D eigenvalue weighted by Crippen LogP contribution is 2.61. The van der Waals surface area contributed by atoms with Crippen LogP contribution in [0.3, 0.4) is 0 Å². The summed E-state index contributed by atoms with van der Waals surface area (Å²) in [6.07, 6.45) is 4.21. The van der Waals surface area contributed by atoms with Crippen LogP contribution in [0, 0.1) is 28.9 Å². The average Bonchev–Trinajstić information content (AvgIpc) is 2.54. The normalized spacial score (nSPS) is 34.6. The van der Waals surface area contributed by atoms with Gasteiger partial charge in [-0.15, -0.1) is 0 Å². The first-order valence-corrected chi connectivity index (χ1v) is 8.92. The molecule has 5 rings (SSSR count). The maximum Gasteiger partial charge on any atom is 0.312 e. The fourth-order valence-electron chi connectivity index (χ4n) is 5.53. The third kappa shape index (κ3) is 2.98. The molecule has 4 aliphatic carbocycles. The molecule has 4 saturated carbocycles. The summed E-state index contributed by atoms with van der Waals surface area (Å²) in [5, 5.41) is 12.8. The second-order valence-electron chi connectivity index (χ2n) is 8.19. The van der Waals surface area contributed by atoms with Gasteiger partial charge >= 0.3 is 5.97 Å². The van der Waals surface area contributed by atoms with Crippen LogP contribution in [0.4, 0.5) is 14.5 Å². The van der Waals surface area contributed by atoms with E-state index in [1.165, 1.54) is 6.07 Å². The number of carbonyl (C=O) groups is 2. The second kappa shape index (κ2) is 6.01. The molecule has 4 fully saturated rings. The SMILES string of the molecule is O=C(COC(=O)C12C[C@@H]3C[C@@H](CC(O)(C3)C1)C2)Nc1c(F)cccc1F. The number of ether oxygens (including phenoxy) is 1. The number of anilines is 1. The van der Waals surface area contributed by atoms with Crippen LogP contribution in [0.5, 0.6) is 0 Å². The number of para-hydroxylation sites is 1. The van der Waals surface area contributed by atoms with Gasteiger partial charge in [-0.2, -0.15) is 0 Å². The molecule has 0 spiro atoms.